The number of thioether (sulfide) groups is 1. The van der Waals surface area contributed by atoms with Crippen LogP contribution in [-0.2, 0) is 14.8 Å². The molecule has 150 valence electrons. The first-order valence-electron chi connectivity index (χ1n) is 8.99. The van der Waals surface area contributed by atoms with Gasteiger partial charge in [0.1, 0.15) is 0 Å². The van der Waals surface area contributed by atoms with Crippen molar-refractivity contribution in [2.75, 3.05) is 43.2 Å². The average molecular weight is 420 g/mol. The third kappa shape index (κ3) is 4.51. The van der Waals surface area contributed by atoms with Gasteiger partial charge in [0.25, 0.3) is 0 Å². The summed E-state index contributed by atoms with van der Waals surface area (Å²) in [6, 6.07) is 11.0. The number of aryl methyl sites for hydroxylation is 2. The van der Waals surface area contributed by atoms with Crippen molar-refractivity contribution in [3.8, 4) is 0 Å². The van der Waals surface area contributed by atoms with Crippen LogP contribution in [0.2, 0.25) is 0 Å². The third-order valence-electron chi connectivity index (χ3n) is 4.51. The predicted octanol–water partition coefficient (Wildman–Crippen LogP) is 3.10. The number of sulfonamides is 1. The maximum absolute atomic E-state index is 12.6. The van der Waals surface area contributed by atoms with Crippen LogP contribution in [0.25, 0.3) is 0 Å². The number of fused-ring (bicyclic) bond motifs is 1. The van der Waals surface area contributed by atoms with Gasteiger partial charge in [-0.1, -0.05) is 6.07 Å². The van der Waals surface area contributed by atoms with Crippen LogP contribution in [0.5, 0.6) is 0 Å². The van der Waals surface area contributed by atoms with Crippen LogP contribution < -0.4 is 10.2 Å². The molecule has 6 nitrogen and oxygen atoms in total. The molecule has 3 rings (SSSR count). The van der Waals surface area contributed by atoms with E-state index in [-0.39, 0.29) is 17.3 Å². The molecule has 8 heteroatoms. The maximum atomic E-state index is 12.6. The Morgan fingerprint density at radius 1 is 1.14 bits per heavy atom. The molecule has 0 bridgehead atoms. The van der Waals surface area contributed by atoms with Crippen molar-refractivity contribution in [2.24, 2.45) is 0 Å². The summed E-state index contributed by atoms with van der Waals surface area (Å²) in [6.45, 7) is 4.84. The molecule has 1 aliphatic heterocycles. The molecule has 2 aromatic carbocycles. The number of hydrogen-bond donors (Lipinski definition) is 1. The van der Waals surface area contributed by atoms with Crippen molar-refractivity contribution in [2.45, 2.75) is 23.6 Å². The minimum Gasteiger partial charge on any atom is -0.360 e. The van der Waals surface area contributed by atoms with E-state index in [0.717, 1.165) is 33.2 Å². The van der Waals surface area contributed by atoms with E-state index in [1.165, 1.54) is 18.4 Å². The summed E-state index contributed by atoms with van der Waals surface area (Å²) in [5.74, 6) is 0.729. The van der Waals surface area contributed by atoms with Gasteiger partial charge < -0.3 is 10.2 Å². The molecule has 0 fully saturated rings. The molecule has 0 saturated carbocycles. The molecule has 1 N–H and O–H groups in total. The fourth-order valence-electron chi connectivity index (χ4n) is 3.21. The van der Waals surface area contributed by atoms with Gasteiger partial charge in [-0.25, -0.2) is 12.7 Å². The van der Waals surface area contributed by atoms with Gasteiger partial charge >= 0.3 is 0 Å². The second-order valence-corrected chi connectivity index (χ2v) is 10.4. The van der Waals surface area contributed by atoms with Gasteiger partial charge in [-0.3, -0.25) is 4.79 Å². The third-order valence-corrected chi connectivity index (χ3v) is 7.36. The van der Waals surface area contributed by atoms with Gasteiger partial charge in [0.15, 0.2) is 0 Å². The highest BCUT2D eigenvalue weighted by molar-refractivity contribution is 7.99. The van der Waals surface area contributed by atoms with Crippen molar-refractivity contribution in [3.63, 3.8) is 0 Å². The standard InChI is InChI=1S/C20H25N3O3S2/c1-14-9-15(2)11-16(10-14)21-20(24)13-23-7-8-27-19-6-5-17(12-18(19)23)28(25,26)22(3)4/h5-6,9-12H,7-8,13H2,1-4H3,(H,21,24). The number of hydrogen-bond acceptors (Lipinski definition) is 5. The molecule has 28 heavy (non-hydrogen) atoms. The molecule has 0 saturated heterocycles. The average Bonchev–Trinajstić information content (AvgIpc) is 2.60. The lowest BCUT2D eigenvalue weighted by Gasteiger charge is -2.31. The SMILES string of the molecule is Cc1cc(C)cc(NC(=O)CN2CCSc3ccc(S(=O)(=O)N(C)C)cc32)c1. The largest absolute Gasteiger partial charge is 0.360 e. The van der Waals surface area contributed by atoms with Crippen LogP contribution in [0.4, 0.5) is 11.4 Å². The Morgan fingerprint density at radius 2 is 1.82 bits per heavy atom. The van der Waals surface area contributed by atoms with Crippen LogP contribution in [0.15, 0.2) is 46.2 Å². The zero-order valence-electron chi connectivity index (χ0n) is 16.5. The van der Waals surface area contributed by atoms with Gasteiger partial charge in [0.05, 0.1) is 17.1 Å². The minimum atomic E-state index is -3.52. The van der Waals surface area contributed by atoms with Crippen LogP contribution in [0.3, 0.4) is 0 Å². The van der Waals surface area contributed by atoms with E-state index in [4.69, 9.17) is 0 Å². The van der Waals surface area contributed by atoms with E-state index in [0.29, 0.717) is 6.54 Å². The molecule has 0 unspecified atom stereocenters. The van der Waals surface area contributed by atoms with Crippen LogP contribution >= 0.6 is 11.8 Å². The topological polar surface area (TPSA) is 69.7 Å². The number of anilines is 2. The molecular weight excluding hydrogens is 394 g/mol. The normalized spacial score (nSPS) is 14.1. The Morgan fingerprint density at radius 3 is 2.46 bits per heavy atom. The van der Waals surface area contributed by atoms with E-state index < -0.39 is 10.0 Å². The van der Waals surface area contributed by atoms with Crippen LogP contribution in [0, 0.1) is 13.8 Å². The number of carbonyl (C=O) groups excluding carboxylic acids is 1. The highest BCUT2D eigenvalue weighted by Gasteiger charge is 2.24. The van der Waals surface area contributed by atoms with E-state index >= 15 is 0 Å². The summed E-state index contributed by atoms with van der Waals surface area (Å²) in [6.07, 6.45) is 0. The number of rotatable bonds is 5. The molecule has 0 radical (unpaired) electrons. The fourth-order valence-corrected chi connectivity index (χ4v) is 5.16. The molecular formula is C20H25N3O3S2. The van der Waals surface area contributed by atoms with Gasteiger partial charge in [-0.15, -0.1) is 11.8 Å². The van der Waals surface area contributed by atoms with E-state index in [2.05, 4.69) is 11.4 Å². The van der Waals surface area contributed by atoms with Crippen LogP contribution in [0.1, 0.15) is 11.1 Å². The summed E-state index contributed by atoms with van der Waals surface area (Å²) in [7, 11) is -0.499. The van der Waals surface area contributed by atoms with Gasteiger partial charge in [0.2, 0.25) is 15.9 Å². The first-order chi connectivity index (χ1) is 13.2. The Balaban J connectivity index is 1.82. The molecule has 1 amide bonds. The Bertz CT molecular complexity index is 984. The van der Waals surface area contributed by atoms with Crippen molar-refractivity contribution >= 4 is 39.1 Å². The molecule has 1 aliphatic rings. The number of amides is 1. The number of benzene rings is 2. The lowest BCUT2D eigenvalue weighted by molar-refractivity contribution is -0.115. The lowest BCUT2D eigenvalue weighted by Crippen LogP contribution is -2.37. The maximum Gasteiger partial charge on any atom is 0.243 e. The molecule has 1 heterocycles. The highest BCUT2D eigenvalue weighted by Crippen LogP contribution is 2.36. The predicted molar refractivity (Wildman–Crippen MR) is 115 cm³/mol. The van der Waals surface area contributed by atoms with Gasteiger partial charge in [0, 0.05) is 37.0 Å². The zero-order chi connectivity index (χ0) is 20.5. The summed E-state index contributed by atoms with van der Waals surface area (Å²) in [5, 5.41) is 2.95. The highest BCUT2D eigenvalue weighted by atomic mass is 32.2. The van der Waals surface area contributed by atoms with E-state index in [9.17, 15) is 13.2 Å². The minimum absolute atomic E-state index is 0.122. The Hall–Kier alpha value is -2.03. The zero-order valence-corrected chi connectivity index (χ0v) is 18.2. The second-order valence-electron chi connectivity index (χ2n) is 7.11. The van der Waals surface area contributed by atoms with Crippen molar-refractivity contribution in [1.82, 2.24) is 4.31 Å². The molecule has 0 atom stereocenters. The molecule has 0 spiro atoms. The van der Waals surface area contributed by atoms with Gasteiger partial charge in [-0.05, 0) is 55.3 Å². The molecule has 0 aliphatic carbocycles. The summed E-state index contributed by atoms with van der Waals surface area (Å²) in [4.78, 5) is 15.8. The molecule has 0 aromatic heterocycles. The number of nitrogens with zero attached hydrogens (tertiary/aromatic N) is 2. The van der Waals surface area contributed by atoms with E-state index in [1.807, 2.05) is 36.9 Å². The quantitative estimate of drug-likeness (QED) is 0.806. The monoisotopic (exact) mass is 419 g/mol. The Labute approximate surface area is 171 Å². The second kappa shape index (κ2) is 8.14. The van der Waals surface area contributed by atoms with Crippen LogP contribution in [-0.4, -0.2) is 51.6 Å². The summed E-state index contributed by atoms with van der Waals surface area (Å²) >= 11 is 1.67. The number of carbonyl (C=O) groups is 1. The lowest BCUT2D eigenvalue weighted by atomic mass is 10.1. The fraction of sp³-hybridized carbons (Fsp3) is 0.350. The first kappa shape index (κ1) is 20.7. The van der Waals surface area contributed by atoms with Crippen molar-refractivity contribution in [3.05, 3.63) is 47.5 Å². The summed E-state index contributed by atoms with van der Waals surface area (Å²) < 4.78 is 26.1. The molecule has 2 aromatic rings. The summed E-state index contributed by atoms with van der Waals surface area (Å²) in [5.41, 5.74) is 3.75. The van der Waals surface area contributed by atoms with Crippen molar-refractivity contribution in [1.29, 1.82) is 0 Å². The first-order valence-corrected chi connectivity index (χ1v) is 11.4. The Kier molecular flexibility index (Phi) is 6.02. The van der Waals surface area contributed by atoms with E-state index in [1.54, 1.807) is 23.9 Å². The van der Waals surface area contributed by atoms with Gasteiger partial charge in [-0.2, -0.15) is 0 Å². The smallest absolute Gasteiger partial charge is 0.243 e. The van der Waals surface area contributed by atoms with Crippen molar-refractivity contribution < 1.29 is 13.2 Å². The number of nitrogens with one attached hydrogen (secondary N) is 1.